The molecule has 1 heterocycles. The first-order chi connectivity index (χ1) is 8.68. The average molecular weight is 302 g/mol. The molecule has 114 valence electrons. The van der Waals surface area contributed by atoms with Crippen molar-refractivity contribution in [2.24, 2.45) is 5.92 Å². The van der Waals surface area contributed by atoms with Crippen LogP contribution >= 0.6 is 0 Å². The third-order valence-electron chi connectivity index (χ3n) is 3.22. The van der Waals surface area contributed by atoms with E-state index in [2.05, 4.69) is 5.32 Å². The molecule has 1 aliphatic heterocycles. The monoisotopic (exact) mass is 302 g/mol. The van der Waals surface area contributed by atoms with Crippen LogP contribution in [0.5, 0.6) is 0 Å². The van der Waals surface area contributed by atoms with E-state index in [1.807, 2.05) is 0 Å². The lowest BCUT2D eigenvalue weighted by Gasteiger charge is -2.33. The number of nitrogens with zero attached hydrogens (tertiary/aromatic N) is 1. The zero-order valence-electron chi connectivity index (χ0n) is 11.0. The highest BCUT2D eigenvalue weighted by molar-refractivity contribution is 7.90. The normalized spacial score (nSPS) is 22.6. The van der Waals surface area contributed by atoms with Gasteiger partial charge in [-0.25, -0.2) is 8.42 Å². The standard InChI is InChI=1S/C11H21F3N2O2S/c1-19(17,18)8-5-15-4-7-16-6-2-3-10(9-16)11(12,13)14/h10,15H,2-9H2,1H3. The van der Waals surface area contributed by atoms with Gasteiger partial charge >= 0.3 is 6.18 Å². The Hall–Kier alpha value is -0.340. The number of nitrogens with one attached hydrogen (secondary N) is 1. The van der Waals surface area contributed by atoms with Gasteiger partial charge in [0.1, 0.15) is 9.84 Å². The fourth-order valence-corrected chi connectivity index (χ4v) is 2.66. The minimum absolute atomic E-state index is 0.0528. The Morgan fingerprint density at radius 3 is 2.58 bits per heavy atom. The van der Waals surface area contributed by atoms with E-state index in [4.69, 9.17) is 0 Å². The minimum atomic E-state index is -4.11. The average Bonchev–Trinajstić information content (AvgIpc) is 2.26. The Bertz CT molecular complexity index is 371. The summed E-state index contributed by atoms with van der Waals surface area (Å²) in [5.74, 6) is -1.17. The molecular formula is C11H21F3N2O2S. The summed E-state index contributed by atoms with van der Waals surface area (Å²) in [5, 5.41) is 2.94. The fourth-order valence-electron chi connectivity index (χ4n) is 2.15. The Kier molecular flexibility index (Phi) is 6.07. The summed E-state index contributed by atoms with van der Waals surface area (Å²) >= 11 is 0. The van der Waals surface area contributed by atoms with Crippen molar-refractivity contribution in [2.75, 3.05) is 44.7 Å². The third-order valence-corrected chi connectivity index (χ3v) is 4.17. The van der Waals surface area contributed by atoms with Crippen molar-refractivity contribution in [1.29, 1.82) is 0 Å². The van der Waals surface area contributed by atoms with E-state index in [0.29, 0.717) is 32.6 Å². The smallest absolute Gasteiger partial charge is 0.314 e. The van der Waals surface area contributed by atoms with Crippen molar-refractivity contribution in [1.82, 2.24) is 10.2 Å². The van der Waals surface area contributed by atoms with Crippen LogP contribution in [0, 0.1) is 5.92 Å². The molecule has 0 radical (unpaired) electrons. The Morgan fingerprint density at radius 2 is 2.00 bits per heavy atom. The van der Waals surface area contributed by atoms with E-state index >= 15 is 0 Å². The van der Waals surface area contributed by atoms with Crippen LogP contribution in [0.1, 0.15) is 12.8 Å². The number of alkyl halides is 3. The molecule has 0 bridgehead atoms. The topological polar surface area (TPSA) is 49.4 Å². The lowest BCUT2D eigenvalue weighted by Crippen LogP contribution is -2.44. The van der Waals surface area contributed by atoms with Gasteiger partial charge in [-0.3, -0.25) is 0 Å². The Labute approximate surface area is 112 Å². The molecule has 0 aromatic heterocycles. The highest BCUT2D eigenvalue weighted by Crippen LogP contribution is 2.32. The number of hydrogen-bond donors (Lipinski definition) is 1. The van der Waals surface area contributed by atoms with Gasteiger partial charge in [-0.2, -0.15) is 13.2 Å². The molecule has 1 saturated heterocycles. The molecule has 19 heavy (non-hydrogen) atoms. The second-order valence-electron chi connectivity index (χ2n) is 5.06. The molecule has 0 spiro atoms. The van der Waals surface area contributed by atoms with Crippen molar-refractivity contribution in [3.63, 3.8) is 0 Å². The molecule has 1 unspecified atom stereocenters. The van der Waals surface area contributed by atoms with E-state index in [9.17, 15) is 21.6 Å². The SMILES string of the molecule is CS(=O)(=O)CCNCCN1CCCC(C(F)(F)F)C1. The summed E-state index contributed by atoms with van der Waals surface area (Å²) in [5.41, 5.74) is 0. The Morgan fingerprint density at radius 1 is 1.32 bits per heavy atom. The molecular weight excluding hydrogens is 281 g/mol. The van der Waals surface area contributed by atoms with Gasteiger partial charge in [-0.1, -0.05) is 0 Å². The molecule has 4 nitrogen and oxygen atoms in total. The quantitative estimate of drug-likeness (QED) is 0.741. The number of piperidine rings is 1. The zero-order chi connectivity index (χ0) is 14.5. The van der Waals surface area contributed by atoms with Gasteiger partial charge in [0.15, 0.2) is 0 Å². The minimum Gasteiger partial charge on any atom is -0.314 e. The van der Waals surface area contributed by atoms with E-state index in [1.54, 1.807) is 4.90 Å². The van der Waals surface area contributed by atoms with Crippen LogP contribution < -0.4 is 5.32 Å². The number of rotatable bonds is 6. The summed E-state index contributed by atoms with van der Waals surface area (Å²) in [6.07, 6.45) is -2.18. The summed E-state index contributed by atoms with van der Waals surface area (Å²) in [6.45, 7) is 2.11. The highest BCUT2D eigenvalue weighted by atomic mass is 32.2. The molecule has 1 rings (SSSR count). The third kappa shape index (κ3) is 7.12. The number of halogens is 3. The molecule has 1 N–H and O–H groups in total. The van der Waals surface area contributed by atoms with E-state index in [1.165, 1.54) is 0 Å². The maximum Gasteiger partial charge on any atom is 0.393 e. The second-order valence-corrected chi connectivity index (χ2v) is 7.32. The van der Waals surface area contributed by atoms with Crippen LogP contribution in [0.3, 0.4) is 0 Å². The van der Waals surface area contributed by atoms with E-state index < -0.39 is 21.9 Å². The molecule has 0 aromatic carbocycles. The second kappa shape index (κ2) is 6.90. The van der Waals surface area contributed by atoms with Crippen molar-refractivity contribution in [2.45, 2.75) is 19.0 Å². The predicted octanol–water partition coefficient (Wildman–Crippen LogP) is 0.895. The van der Waals surface area contributed by atoms with Gasteiger partial charge in [0.2, 0.25) is 0 Å². The first-order valence-electron chi connectivity index (χ1n) is 6.36. The van der Waals surface area contributed by atoms with Gasteiger partial charge < -0.3 is 10.2 Å². The van der Waals surface area contributed by atoms with Crippen LogP contribution in [0.4, 0.5) is 13.2 Å². The fraction of sp³-hybridized carbons (Fsp3) is 1.00. The zero-order valence-corrected chi connectivity index (χ0v) is 11.9. The first-order valence-corrected chi connectivity index (χ1v) is 8.42. The van der Waals surface area contributed by atoms with Gasteiger partial charge in [0.05, 0.1) is 11.7 Å². The predicted molar refractivity (Wildman–Crippen MR) is 67.8 cm³/mol. The number of likely N-dealkylation sites (tertiary alicyclic amines) is 1. The summed E-state index contributed by atoms with van der Waals surface area (Å²) in [4.78, 5) is 1.79. The van der Waals surface area contributed by atoms with Gasteiger partial charge in [-0.05, 0) is 19.4 Å². The molecule has 0 aromatic rings. The van der Waals surface area contributed by atoms with E-state index in [-0.39, 0.29) is 18.7 Å². The molecule has 1 aliphatic rings. The molecule has 0 aliphatic carbocycles. The van der Waals surface area contributed by atoms with Crippen LogP contribution in [0.15, 0.2) is 0 Å². The van der Waals surface area contributed by atoms with Crippen LogP contribution in [0.2, 0.25) is 0 Å². The van der Waals surface area contributed by atoms with Gasteiger partial charge in [-0.15, -0.1) is 0 Å². The Balaban J connectivity index is 2.19. The highest BCUT2D eigenvalue weighted by Gasteiger charge is 2.41. The molecule has 0 saturated carbocycles. The molecule has 1 fully saturated rings. The number of hydrogen-bond acceptors (Lipinski definition) is 4. The number of sulfone groups is 1. The summed E-state index contributed by atoms with van der Waals surface area (Å²) < 4.78 is 59.5. The maximum atomic E-state index is 12.6. The van der Waals surface area contributed by atoms with Crippen molar-refractivity contribution in [3.05, 3.63) is 0 Å². The molecule has 8 heteroatoms. The largest absolute Gasteiger partial charge is 0.393 e. The van der Waals surface area contributed by atoms with Gasteiger partial charge in [0.25, 0.3) is 0 Å². The van der Waals surface area contributed by atoms with Crippen molar-refractivity contribution in [3.8, 4) is 0 Å². The lowest BCUT2D eigenvalue weighted by molar-refractivity contribution is -0.186. The van der Waals surface area contributed by atoms with E-state index in [0.717, 1.165) is 6.26 Å². The molecule has 1 atom stereocenters. The summed E-state index contributed by atoms with van der Waals surface area (Å²) in [7, 11) is -2.98. The van der Waals surface area contributed by atoms with Crippen LogP contribution in [-0.4, -0.2) is 64.2 Å². The van der Waals surface area contributed by atoms with Crippen molar-refractivity contribution < 1.29 is 21.6 Å². The van der Waals surface area contributed by atoms with Crippen LogP contribution in [0.25, 0.3) is 0 Å². The van der Waals surface area contributed by atoms with Crippen LogP contribution in [-0.2, 0) is 9.84 Å². The molecule has 0 amide bonds. The lowest BCUT2D eigenvalue weighted by atomic mass is 9.97. The first kappa shape index (κ1) is 16.7. The van der Waals surface area contributed by atoms with Crippen molar-refractivity contribution >= 4 is 9.84 Å². The van der Waals surface area contributed by atoms with Gasteiger partial charge in [0, 0.05) is 32.4 Å². The summed E-state index contributed by atoms with van der Waals surface area (Å²) in [6, 6.07) is 0. The maximum absolute atomic E-state index is 12.6.